The fraction of sp³-hybridized carbons (Fsp3) is 0.600. The molecule has 0 spiro atoms. The van der Waals surface area contributed by atoms with Crippen molar-refractivity contribution < 1.29 is 4.39 Å². The van der Waals surface area contributed by atoms with Gasteiger partial charge in [-0.2, -0.15) is 0 Å². The SMILES string of the molecule is CCCCN(CC)C(c1ccccc1F)C(C)N. The highest BCUT2D eigenvalue weighted by Crippen LogP contribution is 2.26. The van der Waals surface area contributed by atoms with Gasteiger partial charge in [0.25, 0.3) is 0 Å². The van der Waals surface area contributed by atoms with Gasteiger partial charge >= 0.3 is 0 Å². The average Bonchev–Trinajstić information content (AvgIpc) is 2.35. The third-order valence-corrected chi connectivity index (χ3v) is 3.32. The fourth-order valence-corrected chi connectivity index (χ4v) is 2.38. The molecule has 0 aromatic heterocycles. The number of hydrogen-bond acceptors (Lipinski definition) is 2. The summed E-state index contributed by atoms with van der Waals surface area (Å²) in [5, 5.41) is 0. The number of likely N-dealkylation sites (N-methyl/N-ethyl adjacent to an activating group) is 1. The fourth-order valence-electron chi connectivity index (χ4n) is 2.38. The smallest absolute Gasteiger partial charge is 0.128 e. The first kappa shape index (κ1) is 15.1. The van der Waals surface area contributed by atoms with Gasteiger partial charge in [-0.15, -0.1) is 0 Å². The molecule has 102 valence electrons. The molecule has 18 heavy (non-hydrogen) atoms. The number of rotatable bonds is 7. The predicted octanol–water partition coefficient (Wildman–Crippen LogP) is 3.34. The Labute approximate surface area is 110 Å². The molecule has 1 aromatic rings. The van der Waals surface area contributed by atoms with E-state index >= 15 is 0 Å². The van der Waals surface area contributed by atoms with E-state index in [1.54, 1.807) is 6.07 Å². The lowest BCUT2D eigenvalue weighted by molar-refractivity contribution is 0.179. The number of benzene rings is 1. The number of halogens is 1. The van der Waals surface area contributed by atoms with Gasteiger partial charge in [-0.3, -0.25) is 4.90 Å². The van der Waals surface area contributed by atoms with Gasteiger partial charge in [0.1, 0.15) is 5.82 Å². The Balaban J connectivity index is 2.97. The van der Waals surface area contributed by atoms with Crippen molar-refractivity contribution in [2.75, 3.05) is 13.1 Å². The van der Waals surface area contributed by atoms with Crippen LogP contribution in [0.25, 0.3) is 0 Å². The minimum atomic E-state index is -0.158. The van der Waals surface area contributed by atoms with Gasteiger partial charge in [0.2, 0.25) is 0 Å². The lowest BCUT2D eigenvalue weighted by atomic mass is 9.98. The number of nitrogens with two attached hydrogens (primary N) is 1. The van der Waals surface area contributed by atoms with E-state index in [1.165, 1.54) is 6.07 Å². The zero-order chi connectivity index (χ0) is 13.5. The standard InChI is InChI=1S/C15H25FN2/c1-4-6-11-18(5-2)15(12(3)17)13-9-7-8-10-14(13)16/h7-10,12,15H,4-6,11,17H2,1-3H3. The molecular formula is C15H25FN2. The Morgan fingerprint density at radius 2 is 1.94 bits per heavy atom. The lowest BCUT2D eigenvalue weighted by Crippen LogP contribution is -2.40. The zero-order valence-corrected chi connectivity index (χ0v) is 11.7. The van der Waals surface area contributed by atoms with Crippen LogP contribution in [0.15, 0.2) is 24.3 Å². The molecule has 0 aliphatic rings. The molecule has 2 nitrogen and oxygen atoms in total. The van der Waals surface area contributed by atoms with Crippen LogP contribution in [0.4, 0.5) is 4.39 Å². The van der Waals surface area contributed by atoms with Crippen LogP contribution < -0.4 is 5.73 Å². The molecule has 0 fully saturated rings. The molecule has 0 saturated heterocycles. The van der Waals surface area contributed by atoms with Crippen LogP contribution in [-0.2, 0) is 0 Å². The summed E-state index contributed by atoms with van der Waals surface area (Å²) in [4.78, 5) is 2.27. The predicted molar refractivity (Wildman–Crippen MR) is 74.9 cm³/mol. The van der Waals surface area contributed by atoms with Gasteiger partial charge < -0.3 is 5.73 Å². The van der Waals surface area contributed by atoms with Crippen LogP contribution in [0.2, 0.25) is 0 Å². The van der Waals surface area contributed by atoms with E-state index in [1.807, 2.05) is 19.1 Å². The molecule has 3 heteroatoms. The van der Waals surface area contributed by atoms with Crippen LogP contribution in [0.1, 0.15) is 45.2 Å². The molecule has 0 radical (unpaired) electrons. The molecule has 0 aliphatic carbocycles. The molecule has 0 amide bonds. The summed E-state index contributed by atoms with van der Waals surface area (Å²) in [6.45, 7) is 8.07. The van der Waals surface area contributed by atoms with Crippen LogP contribution in [0, 0.1) is 5.82 Å². The minimum Gasteiger partial charge on any atom is -0.326 e. The summed E-state index contributed by atoms with van der Waals surface area (Å²) in [7, 11) is 0. The molecule has 0 bridgehead atoms. The number of unbranched alkanes of at least 4 members (excludes halogenated alkanes) is 1. The van der Waals surface area contributed by atoms with Gasteiger partial charge in [-0.1, -0.05) is 38.5 Å². The van der Waals surface area contributed by atoms with Crippen LogP contribution in [0.5, 0.6) is 0 Å². The van der Waals surface area contributed by atoms with E-state index in [9.17, 15) is 4.39 Å². The Hall–Kier alpha value is -0.930. The van der Waals surface area contributed by atoms with Crippen molar-refractivity contribution in [3.05, 3.63) is 35.6 Å². The van der Waals surface area contributed by atoms with Crippen molar-refractivity contribution >= 4 is 0 Å². The van der Waals surface area contributed by atoms with Gasteiger partial charge in [0, 0.05) is 11.6 Å². The zero-order valence-electron chi connectivity index (χ0n) is 11.7. The van der Waals surface area contributed by atoms with Gasteiger partial charge in [-0.05, 0) is 32.5 Å². The molecule has 2 atom stereocenters. The quantitative estimate of drug-likeness (QED) is 0.806. The summed E-state index contributed by atoms with van der Waals surface area (Å²) in [6.07, 6.45) is 2.25. The van der Waals surface area contributed by atoms with Gasteiger partial charge in [-0.25, -0.2) is 4.39 Å². The Bertz CT molecular complexity index is 352. The first-order valence-corrected chi connectivity index (χ1v) is 6.85. The normalized spacial score (nSPS) is 14.8. The van der Waals surface area contributed by atoms with E-state index in [4.69, 9.17) is 5.73 Å². The Morgan fingerprint density at radius 3 is 2.44 bits per heavy atom. The van der Waals surface area contributed by atoms with Crippen LogP contribution in [-0.4, -0.2) is 24.0 Å². The summed E-state index contributed by atoms with van der Waals surface area (Å²) in [5.74, 6) is -0.158. The molecule has 0 heterocycles. The molecule has 1 aromatic carbocycles. The molecule has 1 rings (SSSR count). The maximum atomic E-state index is 13.9. The van der Waals surface area contributed by atoms with Crippen molar-refractivity contribution in [2.24, 2.45) is 5.73 Å². The van der Waals surface area contributed by atoms with Gasteiger partial charge in [0.05, 0.1) is 6.04 Å². The van der Waals surface area contributed by atoms with E-state index < -0.39 is 0 Å². The molecule has 0 aliphatic heterocycles. The minimum absolute atomic E-state index is 0.0391. The van der Waals surface area contributed by atoms with Crippen molar-refractivity contribution in [1.29, 1.82) is 0 Å². The van der Waals surface area contributed by atoms with E-state index in [0.717, 1.165) is 25.9 Å². The second kappa shape index (κ2) is 7.49. The first-order valence-electron chi connectivity index (χ1n) is 6.85. The third-order valence-electron chi connectivity index (χ3n) is 3.32. The summed E-state index contributed by atoms with van der Waals surface area (Å²) in [5.41, 5.74) is 6.79. The molecular weight excluding hydrogens is 227 g/mol. The topological polar surface area (TPSA) is 29.3 Å². The van der Waals surface area contributed by atoms with E-state index in [-0.39, 0.29) is 17.9 Å². The highest BCUT2D eigenvalue weighted by atomic mass is 19.1. The summed E-state index contributed by atoms with van der Waals surface area (Å²) in [6, 6.07) is 6.83. The Morgan fingerprint density at radius 1 is 1.28 bits per heavy atom. The van der Waals surface area contributed by atoms with Crippen LogP contribution in [0.3, 0.4) is 0 Å². The van der Waals surface area contributed by atoms with Crippen molar-refractivity contribution in [3.63, 3.8) is 0 Å². The molecule has 0 saturated carbocycles. The van der Waals surface area contributed by atoms with Gasteiger partial charge in [0.15, 0.2) is 0 Å². The highest BCUT2D eigenvalue weighted by Gasteiger charge is 2.24. The lowest BCUT2D eigenvalue weighted by Gasteiger charge is -2.34. The monoisotopic (exact) mass is 252 g/mol. The first-order chi connectivity index (χ1) is 8.61. The van der Waals surface area contributed by atoms with Crippen molar-refractivity contribution in [2.45, 2.75) is 45.7 Å². The summed E-state index contributed by atoms with van der Waals surface area (Å²) < 4.78 is 13.9. The summed E-state index contributed by atoms with van der Waals surface area (Å²) >= 11 is 0. The maximum absolute atomic E-state index is 13.9. The number of nitrogens with zero attached hydrogens (tertiary/aromatic N) is 1. The Kier molecular flexibility index (Phi) is 6.30. The third kappa shape index (κ3) is 3.79. The van der Waals surface area contributed by atoms with Crippen LogP contribution >= 0.6 is 0 Å². The second-order valence-electron chi connectivity index (χ2n) is 4.81. The second-order valence-corrected chi connectivity index (χ2v) is 4.81. The highest BCUT2D eigenvalue weighted by molar-refractivity contribution is 5.22. The largest absolute Gasteiger partial charge is 0.326 e. The average molecular weight is 252 g/mol. The maximum Gasteiger partial charge on any atom is 0.128 e. The van der Waals surface area contributed by atoms with Crippen molar-refractivity contribution in [1.82, 2.24) is 4.90 Å². The van der Waals surface area contributed by atoms with E-state index in [2.05, 4.69) is 18.7 Å². The van der Waals surface area contributed by atoms with E-state index in [0.29, 0.717) is 5.56 Å². The molecule has 2 unspecified atom stereocenters. The van der Waals surface area contributed by atoms with Crippen molar-refractivity contribution in [3.8, 4) is 0 Å². The number of hydrogen-bond donors (Lipinski definition) is 1. The molecule has 2 N–H and O–H groups in total.